The van der Waals surface area contributed by atoms with E-state index in [0.717, 1.165) is 6.07 Å². The van der Waals surface area contributed by atoms with E-state index in [1.165, 1.54) is 12.1 Å². The molecule has 0 spiro atoms. The molecule has 2 atom stereocenters. The molecule has 1 fully saturated rings. The minimum atomic E-state index is -4.35. The summed E-state index contributed by atoms with van der Waals surface area (Å²) >= 11 is 5.62. The quantitative estimate of drug-likeness (QED) is 0.719. The van der Waals surface area contributed by atoms with E-state index in [2.05, 4.69) is 0 Å². The van der Waals surface area contributed by atoms with E-state index in [9.17, 15) is 22.4 Å². The predicted octanol–water partition coefficient (Wildman–Crippen LogP) is 4.96. The van der Waals surface area contributed by atoms with Gasteiger partial charge in [0.25, 0.3) is 0 Å². The minimum Gasteiger partial charge on any atom is -0.299 e. The first-order chi connectivity index (χ1) is 9.79. The number of alkyl halides is 3. The zero-order valence-corrected chi connectivity index (χ0v) is 12.0. The standard InChI is InChI=1S/C15H15ClF4O/c16-12-7-9(5-6-13(12)17)8-14(21)10-3-1-2-4-11(10)15(18,19)20/h5-7,10-11H,1-4,8H2. The van der Waals surface area contributed by atoms with Crippen molar-refractivity contribution in [3.63, 3.8) is 0 Å². The maximum absolute atomic E-state index is 13.0. The lowest BCUT2D eigenvalue weighted by molar-refractivity contribution is -0.197. The molecule has 0 aliphatic heterocycles. The van der Waals surface area contributed by atoms with Crippen LogP contribution in [0.5, 0.6) is 0 Å². The van der Waals surface area contributed by atoms with Crippen molar-refractivity contribution in [2.45, 2.75) is 38.3 Å². The van der Waals surface area contributed by atoms with E-state index >= 15 is 0 Å². The smallest absolute Gasteiger partial charge is 0.299 e. The highest BCUT2D eigenvalue weighted by molar-refractivity contribution is 6.30. The van der Waals surface area contributed by atoms with Crippen molar-refractivity contribution >= 4 is 17.4 Å². The molecule has 2 unspecified atom stereocenters. The Morgan fingerprint density at radius 2 is 1.90 bits per heavy atom. The average molecular weight is 323 g/mol. The Morgan fingerprint density at radius 1 is 1.24 bits per heavy atom. The molecule has 1 aromatic carbocycles. The Bertz CT molecular complexity index is 527. The molecule has 1 aliphatic carbocycles. The van der Waals surface area contributed by atoms with E-state index in [4.69, 9.17) is 11.6 Å². The van der Waals surface area contributed by atoms with Crippen molar-refractivity contribution in [1.29, 1.82) is 0 Å². The van der Waals surface area contributed by atoms with Crippen LogP contribution < -0.4 is 0 Å². The summed E-state index contributed by atoms with van der Waals surface area (Å²) in [4.78, 5) is 12.2. The molecule has 1 aliphatic rings. The molecular weight excluding hydrogens is 308 g/mol. The summed E-state index contributed by atoms with van der Waals surface area (Å²) in [5, 5.41) is -0.128. The average Bonchev–Trinajstić information content (AvgIpc) is 2.42. The maximum atomic E-state index is 13.0. The lowest BCUT2D eigenvalue weighted by atomic mass is 9.75. The first kappa shape index (κ1) is 16.3. The van der Waals surface area contributed by atoms with Gasteiger partial charge in [0, 0.05) is 12.3 Å². The van der Waals surface area contributed by atoms with Crippen molar-refractivity contribution in [2.75, 3.05) is 0 Å². The summed E-state index contributed by atoms with van der Waals surface area (Å²) in [6.45, 7) is 0. The zero-order chi connectivity index (χ0) is 15.6. The van der Waals surface area contributed by atoms with Gasteiger partial charge in [0.1, 0.15) is 11.6 Å². The van der Waals surface area contributed by atoms with Crippen LogP contribution in [0.15, 0.2) is 18.2 Å². The number of hydrogen-bond donors (Lipinski definition) is 0. The second-order valence-electron chi connectivity index (χ2n) is 5.43. The van der Waals surface area contributed by atoms with Gasteiger partial charge in [-0.15, -0.1) is 0 Å². The Balaban J connectivity index is 2.12. The summed E-state index contributed by atoms with van der Waals surface area (Å²) < 4.78 is 52.0. The van der Waals surface area contributed by atoms with Gasteiger partial charge in [0.05, 0.1) is 10.9 Å². The molecule has 116 valence electrons. The number of carbonyl (C=O) groups excluding carboxylic acids is 1. The third-order valence-corrected chi connectivity index (χ3v) is 4.25. The Morgan fingerprint density at radius 3 is 2.52 bits per heavy atom. The molecule has 0 amide bonds. The SMILES string of the molecule is O=C(Cc1ccc(F)c(Cl)c1)C1CCCCC1C(F)(F)F. The molecule has 1 saturated carbocycles. The van der Waals surface area contributed by atoms with Crippen LogP contribution in [-0.2, 0) is 11.2 Å². The van der Waals surface area contributed by atoms with Gasteiger partial charge in [-0.3, -0.25) is 4.79 Å². The van der Waals surface area contributed by atoms with E-state index in [0.29, 0.717) is 18.4 Å². The summed E-state index contributed by atoms with van der Waals surface area (Å²) in [5.74, 6) is -3.62. The fourth-order valence-corrected chi connectivity index (χ4v) is 3.09. The van der Waals surface area contributed by atoms with Crippen molar-refractivity contribution < 1.29 is 22.4 Å². The van der Waals surface area contributed by atoms with Crippen molar-refractivity contribution in [1.82, 2.24) is 0 Å². The minimum absolute atomic E-state index is 0.00405. The van der Waals surface area contributed by atoms with E-state index in [-0.39, 0.29) is 24.3 Å². The monoisotopic (exact) mass is 322 g/mol. The molecule has 1 nitrogen and oxygen atoms in total. The molecule has 0 N–H and O–H groups in total. The number of rotatable bonds is 3. The Hall–Kier alpha value is -1.10. The van der Waals surface area contributed by atoms with Gasteiger partial charge in [0.15, 0.2) is 0 Å². The summed E-state index contributed by atoms with van der Waals surface area (Å²) in [6.07, 6.45) is -3.09. The van der Waals surface area contributed by atoms with Crippen LogP contribution in [0, 0.1) is 17.7 Å². The van der Waals surface area contributed by atoms with Crippen molar-refractivity contribution in [2.24, 2.45) is 11.8 Å². The molecule has 21 heavy (non-hydrogen) atoms. The zero-order valence-electron chi connectivity index (χ0n) is 11.2. The van der Waals surface area contributed by atoms with Crippen molar-refractivity contribution in [3.8, 4) is 0 Å². The molecule has 1 aromatic rings. The molecular formula is C15H15ClF4O. The van der Waals surface area contributed by atoms with Gasteiger partial charge in [-0.25, -0.2) is 4.39 Å². The number of carbonyl (C=O) groups is 1. The lowest BCUT2D eigenvalue weighted by Gasteiger charge is -2.32. The highest BCUT2D eigenvalue weighted by Gasteiger charge is 2.47. The molecule has 0 aromatic heterocycles. The first-order valence-electron chi connectivity index (χ1n) is 6.82. The highest BCUT2D eigenvalue weighted by Crippen LogP contribution is 2.42. The van der Waals surface area contributed by atoms with Gasteiger partial charge in [-0.1, -0.05) is 30.5 Å². The van der Waals surface area contributed by atoms with E-state index in [1.54, 1.807) is 0 Å². The number of benzene rings is 1. The van der Waals surface area contributed by atoms with Crippen LogP contribution in [-0.4, -0.2) is 12.0 Å². The topological polar surface area (TPSA) is 17.1 Å². The van der Waals surface area contributed by atoms with E-state index < -0.39 is 29.6 Å². The maximum Gasteiger partial charge on any atom is 0.392 e. The van der Waals surface area contributed by atoms with Crippen LogP contribution in [0.1, 0.15) is 31.2 Å². The van der Waals surface area contributed by atoms with Crippen molar-refractivity contribution in [3.05, 3.63) is 34.6 Å². The second-order valence-corrected chi connectivity index (χ2v) is 5.84. The fourth-order valence-electron chi connectivity index (χ4n) is 2.89. The molecule has 6 heteroatoms. The van der Waals surface area contributed by atoms with Gasteiger partial charge in [0.2, 0.25) is 0 Å². The second kappa shape index (κ2) is 6.34. The number of ketones is 1. The van der Waals surface area contributed by atoms with Crippen LogP contribution in [0.25, 0.3) is 0 Å². The normalized spacial score (nSPS) is 23.1. The van der Waals surface area contributed by atoms with Gasteiger partial charge in [-0.2, -0.15) is 13.2 Å². The lowest BCUT2D eigenvalue weighted by Crippen LogP contribution is -2.37. The highest BCUT2D eigenvalue weighted by atomic mass is 35.5. The molecule has 0 radical (unpaired) electrons. The summed E-state index contributed by atoms with van der Waals surface area (Å²) in [5.41, 5.74) is 0.442. The van der Waals surface area contributed by atoms with Gasteiger partial charge >= 0.3 is 6.18 Å². The number of hydrogen-bond acceptors (Lipinski definition) is 1. The van der Waals surface area contributed by atoms with Crippen LogP contribution in [0.3, 0.4) is 0 Å². The van der Waals surface area contributed by atoms with Crippen LogP contribution >= 0.6 is 11.6 Å². The Kier molecular flexibility index (Phi) is 4.91. The summed E-state index contributed by atoms with van der Waals surface area (Å²) in [6, 6.07) is 3.79. The predicted molar refractivity (Wildman–Crippen MR) is 71.6 cm³/mol. The third kappa shape index (κ3) is 3.96. The molecule has 2 rings (SSSR count). The van der Waals surface area contributed by atoms with Crippen LogP contribution in [0.2, 0.25) is 5.02 Å². The van der Waals surface area contributed by atoms with Gasteiger partial charge in [-0.05, 0) is 30.5 Å². The first-order valence-corrected chi connectivity index (χ1v) is 7.20. The number of Topliss-reactive ketones (excluding diaryl/α,β-unsaturated/α-hetero) is 1. The summed E-state index contributed by atoms with van der Waals surface area (Å²) in [7, 11) is 0. The van der Waals surface area contributed by atoms with E-state index in [1.807, 2.05) is 0 Å². The molecule has 0 saturated heterocycles. The third-order valence-electron chi connectivity index (χ3n) is 3.96. The Labute approximate surface area is 125 Å². The number of halogens is 5. The molecule has 0 heterocycles. The van der Waals surface area contributed by atoms with Crippen LogP contribution in [0.4, 0.5) is 17.6 Å². The van der Waals surface area contributed by atoms with Gasteiger partial charge < -0.3 is 0 Å². The fraction of sp³-hybridized carbons (Fsp3) is 0.533. The largest absolute Gasteiger partial charge is 0.392 e. The molecule has 0 bridgehead atoms.